The fraction of sp³-hybridized carbons (Fsp3) is 0.0455. The van der Waals surface area contributed by atoms with Gasteiger partial charge in [0, 0.05) is 81.2 Å². The van der Waals surface area contributed by atoms with Crippen LogP contribution in [0, 0.1) is 0 Å². The average Bonchev–Trinajstić information content (AvgIpc) is 3.25. The van der Waals surface area contributed by atoms with Crippen LogP contribution in [0.2, 0.25) is 20.4 Å². The molecule has 1 amide bonds. The van der Waals surface area contributed by atoms with E-state index in [9.17, 15) is 19.2 Å². The Hall–Kier alpha value is -6.34. The summed E-state index contributed by atoms with van der Waals surface area (Å²) < 4.78 is 3.85. The summed E-state index contributed by atoms with van der Waals surface area (Å²) in [6.45, 7) is 0.288. The molecule has 4 N–H and O–H groups in total. The molecule has 0 unspecified atom stereocenters. The number of carboxylic acid groups (broad SMARTS) is 1. The fourth-order valence-corrected chi connectivity index (χ4v) is 6.43. The molecule has 0 radical (unpaired) electrons. The number of benzene rings is 4. The molecule has 0 fully saturated rings. The highest BCUT2D eigenvalue weighted by molar-refractivity contribution is 6.31. The maximum absolute atomic E-state index is 13.0. The number of pyridine rings is 4. The molecule has 8 aromatic rings. The molecule has 15 heteroatoms. The Kier molecular flexibility index (Phi) is 13.9. The lowest BCUT2D eigenvalue weighted by atomic mass is 10.1. The predicted octanol–water partition coefficient (Wildman–Crippen LogP) is 9.16. The third-order valence-corrected chi connectivity index (χ3v) is 9.69. The number of halogens is 4. The van der Waals surface area contributed by atoms with Gasteiger partial charge >= 0.3 is 5.97 Å². The van der Waals surface area contributed by atoms with E-state index >= 15 is 0 Å². The SMILES string of the molecule is NCc1cn(-c2ccccc2)c2cc(Cl)ccc2c1=O.O=C(NCc1cn(-c2ccccc2)c2cc(Cl)ccc2c1=O)c1ccc(Cl)nc1.O=C(O)c1ccc(Cl)nc1. The number of nitrogens with zero attached hydrogens (tertiary/aromatic N) is 4. The number of carbonyl (C=O) groups excluding carboxylic acids is 1. The van der Waals surface area contributed by atoms with E-state index in [0.717, 1.165) is 16.9 Å². The van der Waals surface area contributed by atoms with Gasteiger partial charge in [-0.15, -0.1) is 0 Å². The fourth-order valence-electron chi connectivity index (χ4n) is 5.87. The van der Waals surface area contributed by atoms with Gasteiger partial charge in [-0.05, 0) is 84.9 Å². The van der Waals surface area contributed by atoms with Gasteiger partial charge in [0.2, 0.25) is 0 Å². The molecule has 0 bridgehead atoms. The van der Waals surface area contributed by atoms with Gasteiger partial charge in [-0.25, -0.2) is 14.8 Å². The molecule has 4 aromatic carbocycles. The first kappa shape index (κ1) is 42.3. The van der Waals surface area contributed by atoms with E-state index in [0.29, 0.717) is 53.3 Å². The van der Waals surface area contributed by atoms with Crippen LogP contribution in [0.3, 0.4) is 0 Å². The van der Waals surface area contributed by atoms with E-state index in [1.54, 1.807) is 60.9 Å². The summed E-state index contributed by atoms with van der Waals surface area (Å²) in [5, 5.41) is 14.1. The number of nitrogens with two attached hydrogens (primary N) is 1. The van der Waals surface area contributed by atoms with Crippen molar-refractivity contribution in [2.45, 2.75) is 13.1 Å². The van der Waals surface area contributed by atoms with Crippen molar-refractivity contribution in [1.82, 2.24) is 24.4 Å². The molecule has 0 saturated heterocycles. The number of carbonyl (C=O) groups is 2. The lowest BCUT2D eigenvalue weighted by Crippen LogP contribution is -2.27. The molecule has 0 saturated carbocycles. The molecule has 0 aliphatic rings. The molecule has 0 aliphatic carbocycles. The van der Waals surface area contributed by atoms with Crippen molar-refractivity contribution < 1.29 is 14.7 Å². The van der Waals surface area contributed by atoms with Crippen LogP contribution < -0.4 is 21.9 Å². The number of amides is 1. The third kappa shape index (κ3) is 10.4. The normalized spacial score (nSPS) is 10.6. The van der Waals surface area contributed by atoms with Crippen LogP contribution in [-0.2, 0) is 13.1 Å². The molecule has 8 rings (SSSR count). The Bertz CT molecular complexity index is 2890. The zero-order valence-corrected chi connectivity index (χ0v) is 33.8. The van der Waals surface area contributed by atoms with Crippen molar-refractivity contribution >= 4 is 80.1 Å². The van der Waals surface area contributed by atoms with Crippen LogP contribution in [0.4, 0.5) is 0 Å². The number of nitrogens with one attached hydrogen (secondary N) is 1. The molecule has 11 nitrogen and oxygen atoms in total. The molecule has 4 aromatic heterocycles. The maximum atomic E-state index is 13.0. The lowest BCUT2D eigenvalue weighted by Gasteiger charge is -2.14. The van der Waals surface area contributed by atoms with E-state index in [-0.39, 0.29) is 35.4 Å². The minimum Gasteiger partial charge on any atom is -0.478 e. The number of aromatic nitrogens is 4. The summed E-state index contributed by atoms with van der Waals surface area (Å²) in [7, 11) is 0. The van der Waals surface area contributed by atoms with Crippen LogP contribution in [0.15, 0.2) is 156 Å². The first-order valence-electron chi connectivity index (χ1n) is 17.7. The van der Waals surface area contributed by atoms with Gasteiger partial charge < -0.3 is 25.3 Å². The van der Waals surface area contributed by atoms with Gasteiger partial charge in [0.15, 0.2) is 10.9 Å². The van der Waals surface area contributed by atoms with Crippen molar-refractivity contribution in [2.75, 3.05) is 0 Å². The van der Waals surface area contributed by atoms with Gasteiger partial charge in [-0.2, -0.15) is 0 Å². The van der Waals surface area contributed by atoms with E-state index in [4.69, 9.17) is 57.2 Å². The number of para-hydroxylation sites is 2. The van der Waals surface area contributed by atoms with E-state index in [1.165, 1.54) is 24.5 Å². The molecule has 4 heterocycles. The van der Waals surface area contributed by atoms with Gasteiger partial charge in [0.1, 0.15) is 10.3 Å². The molecule has 0 atom stereocenters. The minimum absolute atomic E-state index is 0.0358. The van der Waals surface area contributed by atoms with Crippen molar-refractivity contribution in [3.05, 3.63) is 209 Å². The Morgan fingerprint density at radius 1 is 0.610 bits per heavy atom. The summed E-state index contributed by atoms with van der Waals surface area (Å²) >= 11 is 23.4. The second-order valence-electron chi connectivity index (χ2n) is 12.6. The molecule has 0 aliphatic heterocycles. The first-order chi connectivity index (χ1) is 28.4. The lowest BCUT2D eigenvalue weighted by molar-refractivity contribution is 0.0696. The van der Waals surface area contributed by atoms with Crippen LogP contribution in [0.5, 0.6) is 0 Å². The number of hydrogen-bond acceptors (Lipinski definition) is 7. The summed E-state index contributed by atoms with van der Waals surface area (Å²) in [4.78, 5) is 55.4. The molecule has 0 spiro atoms. The summed E-state index contributed by atoms with van der Waals surface area (Å²) in [5.74, 6) is -1.33. The Labute approximate surface area is 356 Å². The molecule has 59 heavy (non-hydrogen) atoms. The average molecular weight is 867 g/mol. The Balaban J connectivity index is 0.000000168. The van der Waals surface area contributed by atoms with Crippen molar-refractivity contribution in [2.24, 2.45) is 5.73 Å². The van der Waals surface area contributed by atoms with Crippen molar-refractivity contribution in [3.63, 3.8) is 0 Å². The van der Waals surface area contributed by atoms with Gasteiger partial charge in [0.05, 0.1) is 22.2 Å². The number of aromatic carboxylic acids is 1. The van der Waals surface area contributed by atoms with Crippen LogP contribution in [0.25, 0.3) is 33.2 Å². The van der Waals surface area contributed by atoms with Crippen LogP contribution >= 0.6 is 46.4 Å². The summed E-state index contributed by atoms with van der Waals surface area (Å²) in [6, 6.07) is 35.8. The topological polar surface area (TPSA) is 162 Å². The van der Waals surface area contributed by atoms with Gasteiger partial charge in [-0.3, -0.25) is 14.4 Å². The number of hydrogen-bond donors (Lipinski definition) is 3. The largest absolute Gasteiger partial charge is 0.478 e. The molecular weight excluding hydrogens is 834 g/mol. The second-order valence-corrected chi connectivity index (χ2v) is 14.3. The Morgan fingerprint density at radius 3 is 1.51 bits per heavy atom. The molecular formula is C44H32Cl4N6O5. The van der Waals surface area contributed by atoms with E-state index in [2.05, 4.69) is 15.3 Å². The van der Waals surface area contributed by atoms with Crippen LogP contribution in [0.1, 0.15) is 31.8 Å². The number of fused-ring (bicyclic) bond motifs is 2. The first-order valence-corrected chi connectivity index (χ1v) is 19.2. The third-order valence-electron chi connectivity index (χ3n) is 8.77. The van der Waals surface area contributed by atoms with Gasteiger partial charge in [0.25, 0.3) is 5.91 Å². The van der Waals surface area contributed by atoms with Crippen molar-refractivity contribution in [1.29, 1.82) is 0 Å². The van der Waals surface area contributed by atoms with Crippen molar-refractivity contribution in [3.8, 4) is 11.4 Å². The zero-order valence-electron chi connectivity index (χ0n) is 30.7. The standard InChI is InChI=1S/C22H15Cl2N3O2.C16H13ClN2O.C6H4ClNO2/c23-16-7-8-18-19(10-16)27(17-4-2-1-3-5-17)13-15(21(18)28)12-26-22(29)14-6-9-20(24)25-11-14;17-12-6-7-14-15(8-12)19(10-11(9-18)16(14)20)13-4-2-1-3-5-13;7-5-2-1-4(3-8-5)6(9)10/h1-11,13H,12H2,(H,26,29);1-8,10H,9,18H2;1-3H,(H,9,10). The van der Waals surface area contributed by atoms with E-state index < -0.39 is 5.97 Å². The maximum Gasteiger partial charge on any atom is 0.337 e. The Morgan fingerprint density at radius 2 is 1.07 bits per heavy atom. The number of carboxylic acids is 1. The second kappa shape index (κ2) is 19.4. The smallest absolute Gasteiger partial charge is 0.337 e. The summed E-state index contributed by atoms with van der Waals surface area (Å²) in [6.07, 6.45) is 6.13. The number of rotatable bonds is 7. The van der Waals surface area contributed by atoms with Crippen LogP contribution in [-0.4, -0.2) is 36.1 Å². The minimum atomic E-state index is -0.996. The zero-order chi connectivity index (χ0) is 42.1. The predicted molar refractivity (Wildman–Crippen MR) is 234 cm³/mol. The highest BCUT2D eigenvalue weighted by atomic mass is 35.5. The highest BCUT2D eigenvalue weighted by Crippen LogP contribution is 2.23. The monoisotopic (exact) mass is 864 g/mol. The quantitative estimate of drug-likeness (QED) is 0.134. The molecule has 296 valence electrons. The van der Waals surface area contributed by atoms with E-state index in [1.807, 2.05) is 69.8 Å². The van der Waals surface area contributed by atoms with Gasteiger partial charge in [-0.1, -0.05) is 82.8 Å². The highest BCUT2D eigenvalue weighted by Gasteiger charge is 2.14. The summed E-state index contributed by atoms with van der Waals surface area (Å²) in [5.41, 5.74) is 10.4.